The Kier molecular flexibility index (Phi) is 5.78. The number of benzene rings is 2. The van der Waals surface area contributed by atoms with Gasteiger partial charge in [0.15, 0.2) is 0 Å². The summed E-state index contributed by atoms with van der Waals surface area (Å²) in [4.78, 5) is 4.90. The molecule has 0 aromatic heterocycles. The van der Waals surface area contributed by atoms with Crippen LogP contribution in [0.1, 0.15) is 19.4 Å². The van der Waals surface area contributed by atoms with E-state index in [0.29, 0.717) is 21.8 Å². The van der Waals surface area contributed by atoms with Gasteiger partial charge in [0.2, 0.25) is 0 Å². The van der Waals surface area contributed by atoms with E-state index >= 15 is 0 Å². The lowest BCUT2D eigenvalue weighted by Crippen LogP contribution is -2.48. The van der Waals surface area contributed by atoms with Gasteiger partial charge in [-0.2, -0.15) is 0 Å². The highest BCUT2D eigenvalue weighted by molar-refractivity contribution is 6.42. The van der Waals surface area contributed by atoms with Crippen molar-refractivity contribution in [2.75, 3.05) is 31.1 Å². The molecule has 1 heterocycles. The molecule has 1 saturated heterocycles. The molecule has 0 amide bonds. The van der Waals surface area contributed by atoms with Crippen LogP contribution in [0.4, 0.5) is 5.69 Å². The molecule has 0 unspecified atom stereocenters. The van der Waals surface area contributed by atoms with E-state index in [0.717, 1.165) is 37.5 Å². The third kappa shape index (κ3) is 4.41. The van der Waals surface area contributed by atoms with Crippen LogP contribution >= 0.6 is 23.2 Å². The molecule has 1 fully saturated rings. The molecule has 25 heavy (non-hydrogen) atoms. The van der Waals surface area contributed by atoms with Crippen LogP contribution in [-0.4, -0.2) is 37.1 Å². The highest BCUT2D eigenvalue weighted by Gasteiger charge is 2.19. The SMILES string of the molecule is [CH2]c1cc(N2CCN(C(C)C)CC2)ccc1Oc1ccc(Cl)c(Cl)c1. The molecule has 0 spiro atoms. The fourth-order valence-electron chi connectivity index (χ4n) is 3.03. The fraction of sp³-hybridized carbons (Fsp3) is 0.350. The van der Waals surface area contributed by atoms with Gasteiger partial charge in [-0.25, -0.2) is 0 Å². The van der Waals surface area contributed by atoms with Crippen molar-refractivity contribution >= 4 is 28.9 Å². The van der Waals surface area contributed by atoms with Crippen LogP contribution < -0.4 is 9.64 Å². The van der Waals surface area contributed by atoms with Crippen LogP contribution in [0.2, 0.25) is 10.0 Å². The van der Waals surface area contributed by atoms with Crippen LogP contribution in [0.15, 0.2) is 36.4 Å². The zero-order chi connectivity index (χ0) is 18.0. The van der Waals surface area contributed by atoms with Gasteiger partial charge in [-0.15, -0.1) is 0 Å². The predicted molar refractivity (Wildman–Crippen MR) is 106 cm³/mol. The Morgan fingerprint density at radius 2 is 1.68 bits per heavy atom. The van der Waals surface area contributed by atoms with E-state index in [1.54, 1.807) is 18.2 Å². The first-order chi connectivity index (χ1) is 11.9. The Morgan fingerprint density at radius 3 is 2.28 bits per heavy atom. The fourth-order valence-corrected chi connectivity index (χ4v) is 3.31. The molecule has 2 aromatic rings. The minimum Gasteiger partial charge on any atom is -0.457 e. The van der Waals surface area contributed by atoms with Crippen molar-refractivity contribution < 1.29 is 4.74 Å². The highest BCUT2D eigenvalue weighted by atomic mass is 35.5. The van der Waals surface area contributed by atoms with Gasteiger partial charge in [0.05, 0.1) is 10.0 Å². The van der Waals surface area contributed by atoms with E-state index in [1.807, 2.05) is 6.07 Å². The first-order valence-electron chi connectivity index (χ1n) is 8.52. The summed E-state index contributed by atoms with van der Waals surface area (Å²) in [5.74, 6) is 1.38. The van der Waals surface area contributed by atoms with E-state index in [-0.39, 0.29) is 0 Å². The second kappa shape index (κ2) is 7.86. The van der Waals surface area contributed by atoms with E-state index in [1.165, 1.54) is 5.69 Å². The third-order valence-corrected chi connectivity index (χ3v) is 5.31. The molecule has 1 aliphatic rings. The first kappa shape index (κ1) is 18.4. The summed E-state index contributed by atoms with van der Waals surface area (Å²) in [5.41, 5.74) is 2.05. The average molecular weight is 378 g/mol. The van der Waals surface area contributed by atoms with E-state index in [4.69, 9.17) is 27.9 Å². The van der Waals surface area contributed by atoms with Gasteiger partial charge < -0.3 is 9.64 Å². The molecule has 3 nitrogen and oxygen atoms in total. The number of ether oxygens (including phenoxy) is 1. The number of anilines is 1. The van der Waals surface area contributed by atoms with Crippen LogP contribution in [0.3, 0.4) is 0 Å². The lowest BCUT2D eigenvalue weighted by Gasteiger charge is -2.38. The lowest BCUT2D eigenvalue weighted by molar-refractivity contribution is 0.209. The van der Waals surface area contributed by atoms with Gasteiger partial charge in [-0.05, 0) is 56.7 Å². The highest BCUT2D eigenvalue weighted by Crippen LogP contribution is 2.32. The Hall–Kier alpha value is -1.42. The topological polar surface area (TPSA) is 15.7 Å². The zero-order valence-electron chi connectivity index (χ0n) is 14.6. The minimum absolute atomic E-state index is 0.476. The summed E-state index contributed by atoms with van der Waals surface area (Å²) in [5, 5.41) is 0.990. The summed E-state index contributed by atoms with van der Waals surface area (Å²) >= 11 is 12.0. The molecular formula is C20H23Cl2N2O. The molecule has 1 aliphatic heterocycles. The van der Waals surface area contributed by atoms with Gasteiger partial charge in [0.1, 0.15) is 11.5 Å². The maximum absolute atomic E-state index is 6.04. The molecule has 5 heteroatoms. The summed E-state index contributed by atoms with van der Waals surface area (Å²) in [7, 11) is 0. The van der Waals surface area contributed by atoms with Gasteiger partial charge in [-0.3, -0.25) is 4.90 Å². The van der Waals surface area contributed by atoms with Gasteiger partial charge in [-0.1, -0.05) is 23.2 Å². The average Bonchev–Trinajstić information content (AvgIpc) is 2.60. The smallest absolute Gasteiger partial charge is 0.130 e. The van der Waals surface area contributed by atoms with Crippen LogP contribution in [-0.2, 0) is 0 Å². The van der Waals surface area contributed by atoms with Crippen molar-refractivity contribution in [3.63, 3.8) is 0 Å². The van der Waals surface area contributed by atoms with Crippen LogP contribution in [0.25, 0.3) is 0 Å². The van der Waals surface area contributed by atoms with Crippen molar-refractivity contribution in [1.29, 1.82) is 0 Å². The molecule has 2 aromatic carbocycles. The zero-order valence-corrected chi connectivity index (χ0v) is 16.1. The Morgan fingerprint density at radius 1 is 0.960 bits per heavy atom. The summed E-state index contributed by atoms with van der Waals surface area (Å²) in [6, 6.07) is 12.0. The van der Waals surface area contributed by atoms with Crippen LogP contribution in [0, 0.1) is 6.92 Å². The van der Waals surface area contributed by atoms with Crippen molar-refractivity contribution in [3.8, 4) is 11.5 Å². The van der Waals surface area contributed by atoms with E-state index in [2.05, 4.69) is 42.7 Å². The summed E-state index contributed by atoms with van der Waals surface area (Å²) in [6.45, 7) is 12.9. The van der Waals surface area contributed by atoms with E-state index in [9.17, 15) is 0 Å². The molecule has 3 rings (SSSR count). The van der Waals surface area contributed by atoms with Crippen molar-refractivity contribution in [2.45, 2.75) is 19.9 Å². The second-order valence-corrected chi connectivity index (χ2v) is 7.40. The van der Waals surface area contributed by atoms with Crippen molar-refractivity contribution in [3.05, 3.63) is 58.9 Å². The second-order valence-electron chi connectivity index (χ2n) is 6.59. The Balaban J connectivity index is 1.70. The minimum atomic E-state index is 0.476. The molecule has 1 radical (unpaired) electrons. The van der Waals surface area contributed by atoms with Gasteiger partial charge in [0.25, 0.3) is 0 Å². The molecule has 0 bridgehead atoms. The monoisotopic (exact) mass is 377 g/mol. The molecule has 0 N–H and O–H groups in total. The van der Waals surface area contributed by atoms with Crippen LogP contribution in [0.5, 0.6) is 11.5 Å². The molecular weight excluding hydrogens is 355 g/mol. The number of nitrogens with zero attached hydrogens (tertiary/aromatic N) is 2. The van der Waals surface area contributed by atoms with Gasteiger partial charge >= 0.3 is 0 Å². The number of piperazine rings is 1. The molecule has 0 aliphatic carbocycles. The van der Waals surface area contributed by atoms with Crippen molar-refractivity contribution in [1.82, 2.24) is 4.90 Å². The predicted octanol–water partition coefficient (Wildman–Crippen LogP) is 5.50. The van der Waals surface area contributed by atoms with Gasteiger partial charge in [0, 0.05) is 44.0 Å². The summed E-state index contributed by atoms with van der Waals surface area (Å²) < 4.78 is 5.90. The standard InChI is InChI=1S/C20H23Cl2N2O/c1-14(2)23-8-10-24(11-9-23)16-4-7-20(15(3)12-16)25-17-5-6-18(21)19(22)13-17/h4-7,12-14H,3,8-11H2,1-2H3. The summed E-state index contributed by atoms with van der Waals surface area (Å²) in [6.07, 6.45) is 0. The number of halogens is 2. The molecule has 0 saturated carbocycles. The number of rotatable bonds is 4. The Labute approximate surface area is 160 Å². The Bertz CT molecular complexity index is 740. The maximum Gasteiger partial charge on any atom is 0.130 e. The molecule has 133 valence electrons. The number of hydrogen-bond acceptors (Lipinski definition) is 3. The van der Waals surface area contributed by atoms with Crippen molar-refractivity contribution in [2.24, 2.45) is 0 Å². The lowest BCUT2D eigenvalue weighted by atomic mass is 10.1. The number of hydrogen-bond donors (Lipinski definition) is 0. The maximum atomic E-state index is 6.04. The quantitative estimate of drug-likeness (QED) is 0.699. The van der Waals surface area contributed by atoms with E-state index < -0.39 is 0 Å². The third-order valence-electron chi connectivity index (χ3n) is 4.57. The molecule has 0 atom stereocenters. The largest absolute Gasteiger partial charge is 0.457 e. The normalized spacial score (nSPS) is 15.7. The first-order valence-corrected chi connectivity index (χ1v) is 9.27.